The highest BCUT2D eigenvalue weighted by atomic mass is 79.9. The Morgan fingerprint density at radius 3 is 2.90 bits per heavy atom. The molecule has 108 valence electrons. The standard InChI is InChI=1S/C15H14BrN3O2/c1-9(20)6-7-13-18-15(19-21-13)14-11(16)8-10-4-2-3-5-12(10)17-14/h2-5,8-9,20H,6-7H2,1H3. The molecule has 6 heteroatoms. The fraction of sp³-hybridized carbons (Fsp3) is 0.267. The van der Waals surface area contributed by atoms with E-state index in [0.29, 0.717) is 30.3 Å². The van der Waals surface area contributed by atoms with E-state index in [0.717, 1.165) is 15.4 Å². The van der Waals surface area contributed by atoms with Gasteiger partial charge in [-0.05, 0) is 41.4 Å². The van der Waals surface area contributed by atoms with Gasteiger partial charge in [-0.3, -0.25) is 0 Å². The van der Waals surface area contributed by atoms with E-state index in [4.69, 9.17) is 4.52 Å². The van der Waals surface area contributed by atoms with Crippen LogP contribution in [-0.2, 0) is 6.42 Å². The minimum absolute atomic E-state index is 0.383. The minimum atomic E-state index is -0.383. The maximum Gasteiger partial charge on any atom is 0.227 e. The molecule has 0 saturated heterocycles. The summed E-state index contributed by atoms with van der Waals surface area (Å²) >= 11 is 3.50. The van der Waals surface area contributed by atoms with E-state index in [1.54, 1.807) is 6.92 Å². The number of aliphatic hydroxyl groups is 1. The third kappa shape index (κ3) is 3.11. The molecular formula is C15H14BrN3O2. The highest BCUT2D eigenvalue weighted by molar-refractivity contribution is 9.10. The van der Waals surface area contributed by atoms with Gasteiger partial charge < -0.3 is 9.63 Å². The molecular weight excluding hydrogens is 334 g/mol. The van der Waals surface area contributed by atoms with Crippen LogP contribution in [0.15, 0.2) is 39.3 Å². The Morgan fingerprint density at radius 1 is 1.29 bits per heavy atom. The van der Waals surface area contributed by atoms with Crippen LogP contribution < -0.4 is 0 Å². The molecule has 1 aromatic carbocycles. The summed E-state index contributed by atoms with van der Waals surface area (Å²) in [6.07, 6.45) is 0.759. The van der Waals surface area contributed by atoms with Crippen molar-refractivity contribution in [2.45, 2.75) is 25.9 Å². The monoisotopic (exact) mass is 347 g/mol. The molecule has 0 radical (unpaired) electrons. The van der Waals surface area contributed by atoms with Crippen LogP contribution in [0, 0.1) is 0 Å². The molecule has 5 nitrogen and oxygen atoms in total. The Bertz CT molecular complexity index is 770. The van der Waals surface area contributed by atoms with Gasteiger partial charge in [0.2, 0.25) is 11.7 Å². The number of rotatable bonds is 4. The number of aliphatic hydroxyl groups excluding tert-OH is 1. The lowest BCUT2D eigenvalue weighted by Gasteiger charge is -2.02. The molecule has 1 N–H and O–H groups in total. The van der Waals surface area contributed by atoms with Crippen LogP contribution in [0.4, 0.5) is 0 Å². The van der Waals surface area contributed by atoms with Gasteiger partial charge in [0.1, 0.15) is 5.69 Å². The average molecular weight is 348 g/mol. The Hall–Kier alpha value is -1.79. The molecule has 2 aromatic heterocycles. The van der Waals surface area contributed by atoms with Crippen LogP contribution in [0.25, 0.3) is 22.4 Å². The van der Waals surface area contributed by atoms with Crippen LogP contribution in [0.5, 0.6) is 0 Å². The molecule has 0 aliphatic rings. The summed E-state index contributed by atoms with van der Waals surface area (Å²) in [6, 6.07) is 9.85. The molecule has 0 saturated carbocycles. The predicted molar refractivity (Wildman–Crippen MR) is 82.7 cm³/mol. The van der Waals surface area contributed by atoms with Crippen molar-refractivity contribution in [2.75, 3.05) is 0 Å². The molecule has 2 heterocycles. The van der Waals surface area contributed by atoms with Gasteiger partial charge in [0.05, 0.1) is 11.6 Å². The predicted octanol–water partition coefficient (Wildman–Crippen LogP) is 3.36. The number of nitrogens with zero attached hydrogens (tertiary/aromatic N) is 3. The molecule has 0 fully saturated rings. The summed E-state index contributed by atoms with van der Waals surface area (Å²) in [5.74, 6) is 0.959. The largest absolute Gasteiger partial charge is 0.393 e. The summed E-state index contributed by atoms with van der Waals surface area (Å²) in [4.78, 5) is 8.91. The van der Waals surface area contributed by atoms with Crippen molar-refractivity contribution in [1.82, 2.24) is 15.1 Å². The SMILES string of the molecule is CC(O)CCc1nc(-c2nc3ccccc3cc2Br)no1. The maximum absolute atomic E-state index is 9.29. The molecule has 0 bridgehead atoms. The van der Waals surface area contributed by atoms with E-state index >= 15 is 0 Å². The number of aryl methyl sites for hydroxylation is 1. The zero-order valence-corrected chi connectivity index (χ0v) is 13.0. The number of aromatic nitrogens is 3. The van der Waals surface area contributed by atoms with Crippen LogP contribution in [0.3, 0.4) is 0 Å². The molecule has 1 unspecified atom stereocenters. The number of hydrogen-bond donors (Lipinski definition) is 1. The topological polar surface area (TPSA) is 72.0 Å². The lowest BCUT2D eigenvalue weighted by atomic mass is 10.2. The Labute approximate surface area is 130 Å². The Kier molecular flexibility index (Phi) is 3.98. The van der Waals surface area contributed by atoms with E-state index in [9.17, 15) is 5.11 Å². The van der Waals surface area contributed by atoms with Crippen molar-refractivity contribution >= 4 is 26.8 Å². The number of fused-ring (bicyclic) bond motifs is 1. The van der Waals surface area contributed by atoms with E-state index in [1.165, 1.54) is 0 Å². The number of para-hydroxylation sites is 1. The number of hydrogen-bond acceptors (Lipinski definition) is 5. The molecule has 1 atom stereocenters. The second kappa shape index (κ2) is 5.91. The summed E-state index contributed by atoms with van der Waals surface area (Å²) in [7, 11) is 0. The molecule has 0 spiro atoms. The number of halogens is 1. The first-order chi connectivity index (χ1) is 10.1. The first kappa shape index (κ1) is 14.2. The van der Waals surface area contributed by atoms with Crippen molar-refractivity contribution in [3.8, 4) is 11.5 Å². The van der Waals surface area contributed by atoms with E-state index in [2.05, 4.69) is 31.1 Å². The second-order valence-corrected chi connectivity index (χ2v) is 5.77. The van der Waals surface area contributed by atoms with Crippen LogP contribution in [0.2, 0.25) is 0 Å². The van der Waals surface area contributed by atoms with Crippen molar-refractivity contribution in [1.29, 1.82) is 0 Å². The van der Waals surface area contributed by atoms with Gasteiger partial charge in [-0.2, -0.15) is 4.98 Å². The molecule has 3 aromatic rings. The molecule has 0 amide bonds. The number of benzene rings is 1. The Morgan fingerprint density at radius 2 is 2.10 bits per heavy atom. The van der Waals surface area contributed by atoms with Crippen molar-refractivity contribution < 1.29 is 9.63 Å². The maximum atomic E-state index is 9.29. The van der Waals surface area contributed by atoms with Gasteiger partial charge in [0.15, 0.2) is 0 Å². The summed E-state index contributed by atoms with van der Waals surface area (Å²) in [5, 5.41) is 14.3. The summed E-state index contributed by atoms with van der Waals surface area (Å²) in [6.45, 7) is 1.73. The molecule has 0 aliphatic carbocycles. The van der Waals surface area contributed by atoms with Crippen LogP contribution in [-0.4, -0.2) is 26.3 Å². The molecule has 3 rings (SSSR count). The summed E-state index contributed by atoms with van der Waals surface area (Å²) < 4.78 is 6.03. The Balaban J connectivity index is 1.94. The van der Waals surface area contributed by atoms with E-state index in [1.807, 2.05) is 30.3 Å². The van der Waals surface area contributed by atoms with Gasteiger partial charge in [-0.25, -0.2) is 4.98 Å². The van der Waals surface area contributed by atoms with Crippen LogP contribution in [0.1, 0.15) is 19.2 Å². The van der Waals surface area contributed by atoms with Crippen molar-refractivity contribution in [2.24, 2.45) is 0 Å². The quantitative estimate of drug-likeness (QED) is 0.783. The smallest absolute Gasteiger partial charge is 0.227 e. The first-order valence-electron chi connectivity index (χ1n) is 6.70. The van der Waals surface area contributed by atoms with E-state index in [-0.39, 0.29) is 6.10 Å². The van der Waals surface area contributed by atoms with Crippen LogP contribution >= 0.6 is 15.9 Å². The molecule has 21 heavy (non-hydrogen) atoms. The van der Waals surface area contributed by atoms with E-state index < -0.39 is 0 Å². The fourth-order valence-electron chi connectivity index (χ4n) is 2.03. The number of pyridine rings is 1. The fourth-order valence-corrected chi connectivity index (χ4v) is 2.54. The highest BCUT2D eigenvalue weighted by Gasteiger charge is 2.14. The third-order valence-electron chi connectivity index (χ3n) is 3.13. The highest BCUT2D eigenvalue weighted by Crippen LogP contribution is 2.28. The lowest BCUT2D eigenvalue weighted by Crippen LogP contribution is -2.01. The van der Waals surface area contributed by atoms with Gasteiger partial charge in [0, 0.05) is 16.3 Å². The van der Waals surface area contributed by atoms with Gasteiger partial charge in [-0.1, -0.05) is 23.4 Å². The van der Waals surface area contributed by atoms with Gasteiger partial charge in [0.25, 0.3) is 0 Å². The van der Waals surface area contributed by atoms with Crippen molar-refractivity contribution in [3.05, 3.63) is 40.7 Å². The lowest BCUT2D eigenvalue weighted by molar-refractivity contribution is 0.180. The first-order valence-corrected chi connectivity index (χ1v) is 7.49. The van der Waals surface area contributed by atoms with Gasteiger partial charge >= 0.3 is 0 Å². The van der Waals surface area contributed by atoms with Crippen molar-refractivity contribution in [3.63, 3.8) is 0 Å². The average Bonchev–Trinajstić information content (AvgIpc) is 2.93. The summed E-state index contributed by atoms with van der Waals surface area (Å²) in [5.41, 5.74) is 1.53. The normalized spacial score (nSPS) is 12.7. The second-order valence-electron chi connectivity index (χ2n) is 4.91. The zero-order valence-electron chi connectivity index (χ0n) is 11.5. The minimum Gasteiger partial charge on any atom is -0.393 e. The zero-order chi connectivity index (χ0) is 14.8. The third-order valence-corrected chi connectivity index (χ3v) is 3.74. The van der Waals surface area contributed by atoms with Gasteiger partial charge in [-0.15, -0.1) is 0 Å². The molecule has 0 aliphatic heterocycles.